The highest BCUT2D eigenvalue weighted by Crippen LogP contribution is 2.39. The van der Waals surface area contributed by atoms with Gasteiger partial charge in [0, 0.05) is 12.1 Å². The van der Waals surface area contributed by atoms with Gasteiger partial charge in [-0.05, 0) is 25.3 Å². The minimum Gasteiger partial charge on any atom is -0.466 e. The quantitative estimate of drug-likeness (QED) is 0.766. The molecule has 1 aliphatic carbocycles. The van der Waals surface area contributed by atoms with E-state index in [0.29, 0.717) is 13.0 Å². The molecule has 0 spiro atoms. The van der Waals surface area contributed by atoms with Gasteiger partial charge in [0.25, 0.3) is 0 Å². The van der Waals surface area contributed by atoms with Crippen LogP contribution in [0.3, 0.4) is 0 Å². The van der Waals surface area contributed by atoms with Gasteiger partial charge in [-0.2, -0.15) is 0 Å². The van der Waals surface area contributed by atoms with Crippen LogP contribution in [0.15, 0.2) is 30.3 Å². The van der Waals surface area contributed by atoms with Gasteiger partial charge >= 0.3 is 5.97 Å². The van der Waals surface area contributed by atoms with Crippen molar-refractivity contribution in [2.75, 3.05) is 6.61 Å². The number of carbonyl (C=O) groups excluding carboxylic acids is 1. The second-order valence-corrected chi connectivity index (χ2v) is 4.60. The second-order valence-electron chi connectivity index (χ2n) is 4.60. The maximum atomic E-state index is 11.4. The van der Waals surface area contributed by atoms with Crippen LogP contribution >= 0.6 is 0 Å². The molecule has 92 valence electrons. The van der Waals surface area contributed by atoms with Crippen molar-refractivity contribution in [1.82, 2.24) is 5.32 Å². The zero-order valence-electron chi connectivity index (χ0n) is 10.2. The van der Waals surface area contributed by atoms with E-state index in [9.17, 15) is 4.79 Å². The van der Waals surface area contributed by atoms with Crippen LogP contribution in [0.1, 0.15) is 31.7 Å². The van der Waals surface area contributed by atoms with Crippen molar-refractivity contribution in [2.45, 2.75) is 38.3 Å². The van der Waals surface area contributed by atoms with E-state index in [-0.39, 0.29) is 11.5 Å². The number of hydrogen-bond acceptors (Lipinski definition) is 3. The van der Waals surface area contributed by atoms with Crippen molar-refractivity contribution in [2.24, 2.45) is 0 Å². The van der Waals surface area contributed by atoms with Crippen molar-refractivity contribution in [3.63, 3.8) is 0 Å². The smallest absolute Gasteiger partial charge is 0.307 e. The number of ether oxygens (including phenoxy) is 1. The van der Waals surface area contributed by atoms with Crippen LogP contribution in [-0.4, -0.2) is 18.1 Å². The zero-order valence-corrected chi connectivity index (χ0v) is 10.2. The Labute approximate surface area is 102 Å². The summed E-state index contributed by atoms with van der Waals surface area (Å²) in [5.41, 5.74) is 1.25. The lowest BCUT2D eigenvalue weighted by Gasteiger charge is -2.16. The summed E-state index contributed by atoms with van der Waals surface area (Å²) < 4.78 is 4.99. The van der Waals surface area contributed by atoms with Crippen LogP contribution < -0.4 is 5.32 Å². The van der Waals surface area contributed by atoms with Gasteiger partial charge in [-0.3, -0.25) is 4.79 Å². The molecule has 0 heterocycles. The highest BCUT2D eigenvalue weighted by molar-refractivity contribution is 5.71. The van der Waals surface area contributed by atoms with Crippen LogP contribution in [-0.2, 0) is 16.1 Å². The number of esters is 1. The van der Waals surface area contributed by atoms with Gasteiger partial charge in [-0.1, -0.05) is 30.3 Å². The average molecular weight is 233 g/mol. The molecule has 0 amide bonds. The van der Waals surface area contributed by atoms with E-state index in [4.69, 9.17) is 4.74 Å². The summed E-state index contributed by atoms with van der Waals surface area (Å²) in [5, 5.41) is 3.47. The maximum absolute atomic E-state index is 11.4. The predicted molar refractivity (Wildman–Crippen MR) is 66.5 cm³/mol. The van der Waals surface area contributed by atoms with Gasteiger partial charge in [0.15, 0.2) is 0 Å². The Bertz CT molecular complexity index is 371. The van der Waals surface area contributed by atoms with Gasteiger partial charge in [0.2, 0.25) is 0 Å². The van der Waals surface area contributed by atoms with E-state index < -0.39 is 0 Å². The van der Waals surface area contributed by atoms with Gasteiger partial charge in [0.1, 0.15) is 0 Å². The lowest BCUT2D eigenvalue weighted by Crippen LogP contribution is -2.33. The molecule has 1 saturated carbocycles. The normalized spacial score (nSPS) is 16.5. The molecule has 0 saturated heterocycles. The Kier molecular flexibility index (Phi) is 3.79. The zero-order chi connectivity index (χ0) is 12.1. The number of nitrogens with one attached hydrogen (secondary N) is 1. The minimum atomic E-state index is -0.0921. The number of hydrogen-bond donors (Lipinski definition) is 1. The van der Waals surface area contributed by atoms with E-state index in [0.717, 1.165) is 19.4 Å². The molecule has 1 aromatic rings. The Morgan fingerprint density at radius 3 is 2.65 bits per heavy atom. The monoisotopic (exact) mass is 233 g/mol. The van der Waals surface area contributed by atoms with Crippen molar-refractivity contribution in [3.8, 4) is 0 Å². The first-order valence-electron chi connectivity index (χ1n) is 6.19. The van der Waals surface area contributed by atoms with Crippen molar-refractivity contribution in [3.05, 3.63) is 35.9 Å². The lowest BCUT2D eigenvalue weighted by atomic mass is 10.1. The molecule has 3 heteroatoms. The van der Waals surface area contributed by atoms with E-state index >= 15 is 0 Å². The molecule has 0 radical (unpaired) electrons. The van der Waals surface area contributed by atoms with E-state index in [2.05, 4.69) is 17.4 Å². The number of benzene rings is 1. The predicted octanol–water partition coefficient (Wildman–Crippen LogP) is 2.26. The molecule has 1 fully saturated rings. The fourth-order valence-corrected chi connectivity index (χ4v) is 1.94. The molecule has 2 rings (SSSR count). The number of carbonyl (C=O) groups is 1. The van der Waals surface area contributed by atoms with Gasteiger partial charge < -0.3 is 10.1 Å². The summed E-state index contributed by atoms with van der Waals surface area (Å²) in [6.45, 7) is 3.13. The van der Waals surface area contributed by atoms with Gasteiger partial charge in [-0.15, -0.1) is 0 Å². The Morgan fingerprint density at radius 1 is 1.35 bits per heavy atom. The largest absolute Gasteiger partial charge is 0.466 e. The van der Waals surface area contributed by atoms with Crippen LogP contribution in [0.4, 0.5) is 0 Å². The minimum absolute atomic E-state index is 0.00208. The van der Waals surface area contributed by atoms with Gasteiger partial charge in [0.05, 0.1) is 13.0 Å². The molecule has 1 aromatic carbocycles. The van der Waals surface area contributed by atoms with Gasteiger partial charge in [-0.25, -0.2) is 0 Å². The van der Waals surface area contributed by atoms with Crippen molar-refractivity contribution < 1.29 is 9.53 Å². The average Bonchev–Trinajstić information content (AvgIpc) is 3.08. The van der Waals surface area contributed by atoms with Crippen LogP contribution in [0.2, 0.25) is 0 Å². The molecule has 0 bridgehead atoms. The molecular weight excluding hydrogens is 214 g/mol. The topological polar surface area (TPSA) is 38.3 Å². The molecule has 3 nitrogen and oxygen atoms in total. The molecule has 0 aromatic heterocycles. The summed E-state index contributed by atoms with van der Waals surface area (Å²) >= 11 is 0. The molecule has 0 atom stereocenters. The molecule has 0 aliphatic heterocycles. The summed E-state index contributed by atoms with van der Waals surface area (Å²) in [6.07, 6.45) is 2.63. The van der Waals surface area contributed by atoms with Crippen LogP contribution in [0, 0.1) is 0 Å². The third kappa shape index (κ3) is 3.56. The molecule has 17 heavy (non-hydrogen) atoms. The third-order valence-corrected chi connectivity index (χ3v) is 3.15. The first kappa shape index (κ1) is 12.1. The summed E-state index contributed by atoms with van der Waals surface area (Å²) in [6, 6.07) is 10.2. The summed E-state index contributed by atoms with van der Waals surface area (Å²) in [5.74, 6) is -0.0921. The van der Waals surface area contributed by atoms with E-state index in [1.165, 1.54) is 5.56 Å². The highest BCUT2D eigenvalue weighted by Gasteiger charge is 2.44. The van der Waals surface area contributed by atoms with Crippen LogP contribution in [0.25, 0.3) is 0 Å². The summed E-state index contributed by atoms with van der Waals surface area (Å²) in [4.78, 5) is 11.4. The SMILES string of the molecule is CCOC(=O)CC1(NCc2ccccc2)CC1. The Morgan fingerprint density at radius 2 is 2.06 bits per heavy atom. The fourth-order valence-electron chi connectivity index (χ4n) is 1.94. The molecule has 0 unspecified atom stereocenters. The standard InChI is InChI=1S/C14H19NO2/c1-2-17-13(16)10-14(8-9-14)15-11-12-6-4-3-5-7-12/h3-7,15H,2,8-11H2,1H3. The highest BCUT2D eigenvalue weighted by atomic mass is 16.5. The molecule has 1 aliphatic rings. The summed E-state index contributed by atoms with van der Waals surface area (Å²) in [7, 11) is 0. The third-order valence-electron chi connectivity index (χ3n) is 3.15. The number of rotatable bonds is 6. The molecular formula is C14H19NO2. The Balaban J connectivity index is 1.80. The lowest BCUT2D eigenvalue weighted by molar-refractivity contribution is -0.143. The first-order chi connectivity index (χ1) is 8.24. The van der Waals surface area contributed by atoms with Crippen molar-refractivity contribution >= 4 is 5.97 Å². The first-order valence-corrected chi connectivity index (χ1v) is 6.19. The molecule has 1 N–H and O–H groups in total. The van der Waals surface area contributed by atoms with E-state index in [1.807, 2.05) is 25.1 Å². The van der Waals surface area contributed by atoms with Crippen molar-refractivity contribution in [1.29, 1.82) is 0 Å². The van der Waals surface area contributed by atoms with Crippen LogP contribution in [0.5, 0.6) is 0 Å². The second kappa shape index (κ2) is 5.32. The Hall–Kier alpha value is -1.35. The van der Waals surface area contributed by atoms with E-state index in [1.54, 1.807) is 0 Å². The maximum Gasteiger partial charge on any atom is 0.307 e. The fraction of sp³-hybridized carbons (Fsp3) is 0.500.